The Morgan fingerprint density at radius 3 is 1.06 bits per heavy atom. The minimum Gasteiger partial charge on any atom is -0.462 e. The molecule has 1 atom stereocenters. The van der Waals surface area contributed by atoms with Crippen molar-refractivity contribution in [1.29, 1.82) is 0 Å². The molecule has 6 nitrogen and oxygen atoms in total. The van der Waals surface area contributed by atoms with Gasteiger partial charge in [0.15, 0.2) is 6.10 Å². The summed E-state index contributed by atoms with van der Waals surface area (Å²) in [7, 11) is 0. The first kappa shape index (κ1) is 64.6. The number of esters is 3. The van der Waals surface area contributed by atoms with E-state index in [1.807, 2.05) is 0 Å². The summed E-state index contributed by atoms with van der Waals surface area (Å²) in [5.74, 6) is -0.908. The van der Waals surface area contributed by atoms with Crippen LogP contribution in [0.3, 0.4) is 0 Å². The van der Waals surface area contributed by atoms with Gasteiger partial charge in [-0.15, -0.1) is 0 Å². The van der Waals surface area contributed by atoms with Gasteiger partial charge in [0.05, 0.1) is 0 Å². The number of hydrogen-bond donors (Lipinski definition) is 0. The van der Waals surface area contributed by atoms with Crippen LogP contribution in [0.5, 0.6) is 0 Å². The van der Waals surface area contributed by atoms with E-state index in [1.54, 1.807) is 0 Å². The van der Waals surface area contributed by atoms with Gasteiger partial charge in [-0.3, -0.25) is 14.4 Å². The maximum Gasteiger partial charge on any atom is 0.306 e. The molecule has 0 fully saturated rings. The number of unbranched alkanes of at least 4 members (excludes halogenated alkanes) is 29. The highest BCUT2D eigenvalue weighted by Gasteiger charge is 2.19. The maximum absolute atomic E-state index is 12.9. The quantitative estimate of drug-likeness (QED) is 0.0199. The Hall–Kier alpha value is -3.41. The summed E-state index contributed by atoms with van der Waals surface area (Å²) in [4.78, 5) is 38.1. The first-order chi connectivity index (χ1) is 33.5. The predicted octanol–water partition coefficient (Wildman–Crippen LogP) is 19.2. The smallest absolute Gasteiger partial charge is 0.306 e. The molecule has 0 saturated heterocycles. The predicted molar refractivity (Wildman–Crippen MR) is 293 cm³/mol. The van der Waals surface area contributed by atoms with Crippen LogP contribution in [-0.4, -0.2) is 37.2 Å². The van der Waals surface area contributed by atoms with Crippen molar-refractivity contribution >= 4 is 17.9 Å². The average molecular weight is 948 g/mol. The fourth-order valence-corrected chi connectivity index (χ4v) is 7.94. The molecule has 0 heterocycles. The van der Waals surface area contributed by atoms with Crippen LogP contribution in [-0.2, 0) is 28.6 Å². The number of rotatable bonds is 51. The van der Waals surface area contributed by atoms with Gasteiger partial charge in [-0.25, -0.2) is 0 Å². The number of hydrogen-bond acceptors (Lipinski definition) is 6. The summed E-state index contributed by atoms with van der Waals surface area (Å²) in [6, 6.07) is 0. The lowest BCUT2D eigenvalue weighted by Gasteiger charge is -2.18. The van der Waals surface area contributed by atoms with Crippen molar-refractivity contribution in [2.45, 2.75) is 277 Å². The Labute approximate surface area is 420 Å². The minimum absolute atomic E-state index is 0.0861. The fourth-order valence-electron chi connectivity index (χ4n) is 7.94. The van der Waals surface area contributed by atoms with Crippen LogP contribution >= 0.6 is 0 Å². The van der Waals surface area contributed by atoms with Gasteiger partial charge in [-0.05, 0) is 77.0 Å². The molecule has 390 valence electrons. The topological polar surface area (TPSA) is 78.9 Å². The van der Waals surface area contributed by atoms with Crippen LogP contribution in [0.1, 0.15) is 271 Å². The molecule has 6 heteroatoms. The van der Waals surface area contributed by atoms with Crippen molar-refractivity contribution in [2.75, 3.05) is 13.2 Å². The summed E-state index contributed by atoms with van der Waals surface area (Å²) >= 11 is 0. The van der Waals surface area contributed by atoms with E-state index in [0.717, 1.165) is 103 Å². The molecule has 0 aliphatic heterocycles. The van der Waals surface area contributed by atoms with Crippen LogP contribution in [0.4, 0.5) is 0 Å². The Morgan fingerprint density at radius 1 is 0.324 bits per heavy atom. The highest BCUT2D eigenvalue weighted by molar-refractivity contribution is 5.71. The second-order valence-electron chi connectivity index (χ2n) is 18.9. The van der Waals surface area contributed by atoms with Gasteiger partial charge >= 0.3 is 17.9 Å². The highest BCUT2D eigenvalue weighted by atomic mass is 16.6. The van der Waals surface area contributed by atoms with Crippen LogP contribution in [0, 0.1) is 0 Å². The zero-order valence-electron chi connectivity index (χ0n) is 44.6. The standard InChI is InChI=1S/C62H106O6/c1-4-7-10-13-16-19-22-25-27-29-31-33-34-37-40-43-46-49-52-55-61(64)67-58-59(57-66-60(63)54-51-48-45-42-39-36-24-21-18-15-12-9-6-3)68-62(65)56-53-50-47-44-41-38-35-32-30-28-26-23-20-17-14-11-8-5-2/h7,10,16-17,19-20,23,25-28,30,32,35,59H,4-6,8-9,11-15,18,21-22,24,29,31,33-34,36-58H2,1-3H3/b10-7-,19-16-,20-17-,26-23-,27-25-,30-28-,35-32-. The Bertz CT molecular complexity index is 1320. The number of carbonyl (C=O) groups excluding carboxylic acids is 3. The van der Waals surface area contributed by atoms with E-state index in [9.17, 15) is 14.4 Å². The van der Waals surface area contributed by atoms with Gasteiger partial charge in [0, 0.05) is 19.3 Å². The third-order valence-corrected chi connectivity index (χ3v) is 12.2. The molecule has 0 rings (SSSR count). The minimum atomic E-state index is -0.790. The summed E-state index contributed by atoms with van der Waals surface area (Å²) in [6.45, 7) is 6.48. The lowest BCUT2D eigenvalue weighted by Crippen LogP contribution is -2.30. The van der Waals surface area contributed by atoms with Gasteiger partial charge in [0.1, 0.15) is 13.2 Å². The van der Waals surface area contributed by atoms with Crippen LogP contribution in [0.2, 0.25) is 0 Å². The Morgan fingerprint density at radius 2 is 0.632 bits per heavy atom. The second-order valence-corrected chi connectivity index (χ2v) is 18.9. The zero-order chi connectivity index (χ0) is 49.3. The van der Waals surface area contributed by atoms with Gasteiger partial charge in [-0.2, -0.15) is 0 Å². The van der Waals surface area contributed by atoms with Gasteiger partial charge in [0.2, 0.25) is 0 Å². The highest BCUT2D eigenvalue weighted by Crippen LogP contribution is 2.16. The van der Waals surface area contributed by atoms with Crippen molar-refractivity contribution in [2.24, 2.45) is 0 Å². The normalized spacial score (nSPS) is 12.7. The molecule has 0 radical (unpaired) electrons. The van der Waals surface area contributed by atoms with E-state index in [0.29, 0.717) is 19.3 Å². The number of ether oxygens (including phenoxy) is 3. The van der Waals surface area contributed by atoms with Gasteiger partial charge in [0.25, 0.3) is 0 Å². The molecule has 0 bridgehead atoms. The molecule has 0 aliphatic carbocycles. The molecular weight excluding hydrogens is 841 g/mol. The van der Waals surface area contributed by atoms with Crippen LogP contribution in [0.15, 0.2) is 85.1 Å². The third kappa shape index (κ3) is 53.5. The average Bonchev–Trinajstić information content (AvgIpc) is 3.34. The molecule has 0 aromatic heterocycles. The number of allylic oxidation sites excluding steroid dienone is 14. The second kappa shape index (κ2) is 56.2. The van der Waals surface area contributed by atoms with E-state index in [1.165, 1.54) is 128 Å². The first-order valence-electron chi connectivity index (χ1n) is 28.6. The summed E-state index contributed by atoms with van der Waals surface area (Å²) < 4.78 is 16.9. The van der Waals surface area contributed by atoms with Crippen molar-refractivity contribution in [3.8, 4) is 0 Å². The molecule has 0 spiro atoms. The van der Waals surface area contributed by atoms with E-state index in [4.69, 9.17) is 14.2 Å². The van der Waals surface area contributed by atoms with Crippen molar-refractivity contribution in [3.05, 3.63) is 85.1 Å². The molecular formula is C62H106O6. The fraction of sp³-hybridized carbons (Fsp3) is 0.726. The first-order valence-corrected chi connectivity index (χ1v) is 28.6. The summed E-state index contributed by atoms with van der Waals surface area (Å²) in [5, 5.41) is 0. The SMILES string of the molecule is CC/C=C\C/C=C\C/C=C\CCCCCCCCCCCC(=O)OCC(COC(=O)CCCCCCCCCCCCCCC)OC(=O)CCCCCCC\C=C/C=C\C=C/C=C\CCCCC. The lowest BCUT2D eigenvalue weighted by atomic mass is 10.0. The van der Waals surface area contributed by atoms with Crippen molar-refractivity contribution in [3.63, 3.8) is 0 Å². The maximum atomic E-state index is 12.9. The lowest BCUT2D eigenvalue weighted by molar-refractivity contribution is -0.167. The van der Waals surface area contributed by atoms with Gasteiger partial charge < -0.3 is 14.2 Å². The van der Waals surface area contributed by atoms with Crippen molar-refractivity contribution < 1.29 is 28.6 Å². The van der Waals surface area contributed by atoms with Crippen molar-refractivity contribution in [1.82, 2.24) is 0 Å². The third-order valence-electron chi connectivity index (χ3n) is 12.2. The summed E-state index contributed by atoms with van der Waals surface area (Å²) in [5.41, 5.74) is 0. The van der Waals surface area contributed by atoms with Crippen LogP contribution in [0.25, 0.3) is 0 Å². The molecule has 0 amide bonds. The monoisotopic (exact) mass is 947 g/mol. The Kier molecular flexibility index (Phi) is 53.4. The molecule has 0 aromatic carbocycles. The molecule has 1 unspecified atom stereocenters. The summed E-state index contributed by atoms with van der Waals surface area (Å²) in [6.07, 6.45) is 72.8. The zero-order valence-corrected chi connectivity index (χ0v) is 44.6. The molecule has 0 aliphatic rings. The van der Waals surface area contributed by atoms with Gasteiger partial charge in [-0.1, -0.05) is 260 Å². The molecule has 0 saturated carbocycles. The van der Waals surface area contributed by atoms with E-state index in [2.05, 4.69) is 106 Å². The van der Waals surface area contributed by atoms with E-state index < -0.39 is 6.10 Å². The molecule has 68 heavy (non-hydrogen) atoms. The Balaban J connectivity index is 4.42. The van der Waals surface area contributed by atoms with E-state index >= 15 is 0 Å². The number of carbonyl (C=O) groups is 3. The van der Waals surface area contributed by atoms with Crippen LogP contribution < -0.4 is 0 Å². The van der Waals surface area contributed by atoms with E-state index in [-0.39, 0.29) is 31.1 Å². The largest absolute Gasteiger partial charge is 0.462 e. The molecule has 0 aromatic rings. The molecule has 0 N–H and O–H groups in total.